The minimum Gasteiger partial charge on any atom is -0.490 e. The fraction of sp³-hybridized carbons (Fsp3) is 0.250. The van der Waals surface area contributed by atoms with Crippen LogP contribution in [0.5, 0.6) is 11.5 Å². The molecule has 6 heteroatoms. The number of carbonyl (C=O) groups is 2. The predicted octanol–water partition coefficient (Wildman–Crippen LogP) is 4.58. The molecule has 0 aliphatic carbocycles. The summed E-state index contributed by atoms with van der Waals surface area (Å²) in [6.45, 7) is 2.48. The van der Waals surface area contributed by atoms with Crippen LogP contribution in [0, 0.1) is 0 Å². The molecule has 0 saturated carbocycles. The number of ether oxygens (including phenoxy) is 3. The molecule has 6 nitrogen and oxygen atoms in total. The number of amides is 1. The van der Waals surface area contributed by atoms with Gasteiger partial charge in [-0.25, -0.2) is 0 Å². The number of para-hydroxylation sites is 2. The monoisotopic (exact) mass is 407 g/mol. The van der Waals surface area contributed by atoms with Gasteiger partial charge in [-0.15, -0.1) is 0 Å². The molecule has 3 aromatic carbocycles. The molecule has 0 radical (unpaired) electrons. The summed E-state index contributed by atoms with van der Waals surface area (Å²) in [6, 6.07) is 20.8. The Hall–Kier alpha value is -3.54. The lowest BCUT2D eigenvalue weighted by Gasteiger charge is -2.11. The number of carbonyl (C=O) groups excluding carboxylic acids is 2. The van der Waals surface area contributed by atoms with Gasteiger partial charge in [-0.1, -0.05) is 48.5 Å². The number of benzene rings is 3. The second kappa shape index (κ2) is 10.9. The summed E-state index contributed by atoms with van der Waals surface area (Å²) < 4.78 is 16.2. The second-order valence-electron chi connectivity index (χ2n) is 6.57. The van der Waals surface area contributed by atoms with Gasteiger partial charge in [0.1, 0.15) is 0 Å². The quantitative estimate of drug-likeness (QED) is 0.393. The summed E-state index contributed by atoms with van der Waals surface area (Å²) in [5.41, 5.74) is 0.690. The van der Waals surface area contributed by atoms with Crippen LogP contribution in [0.15, 0.2) is 66.7 Å². The summed E-state index contributed by atoms with van der Waals surface area (Å²) >= 11 is 0. The maximum absolute atomic E-state index is 12.1. The minimum atomic E-state index is -0.440. The van der Waals surface area contributed by atoms with E-state index in [0.717, 1.165) is 10.8 Å². The summed E-state index contributed by atoms with van der Waals surface area (Å²) in [7, 11) is 0. The normalized spacial score (nSPS) is 10.4. The van der Waals surface area contributed by atoms with Gasteiger partial charge in [-0.05, 0) is 36.9 Å². The number of esters is 1. The average Bonchev–Trinajstić information content (AvgIpc) is 2.77. The number of hydrogen-bond donors (Lipinski definition) is 1. The van der Waals surface area contributed by atoms with Crippen molar-refractivity contribution in [3.05, 3.63) is 66.7 Å². The van der Waals surface area contributed by atoms with Crippen molar-refractivity contribution < 1.29 is 23.8 Å². The van der Waals surface area contributed by atoms with Gasteiger partial charge in [0.25, 0.3) is 5.91 Å². The predicted molar refractivity (Wildman–Crippen MR) is 116 cm³/mol. The van der Waals surface area contributed by atoms with Crippen LogP contribution in [-0.4, -0.2) is 31.7 Å². The molecule has 0 aliphatic heterocycles. The van der Waals surface area contributed by atoms with Crippen molar-refractivity contribution in [3.8, 4) is 11.5 Å². The number of anilines is 1. The van der Waals surface area contributed by atoms with E-state index in [1.54, 1.807) is 0 Å². The topological polar surface area (TPSA) is 73.9 Å². The van der Waals surface area contributed by atoms with Crippen LogP contribution in [0.3, 0.4) is 0 Å². The Morgan fingerprint density at radius 3 is 2.37 bits per heavy atom. The highest BCUT2D eigenvalue weighted by atomic mass is 16.5. The number of hydrogen-bond acceptors (Lipinski definition) is 5. The first-order valence-corrected chi connectivity index (χ1v) is 9.95. The first kappa shape index (κ1) is 21.2. The van der Waals surface area contributed by atoms with E-state index in [9.17, 15) is 9.59 Å². The van der Waals surface area contributed by atoms with E-state index < -0.39 is 5.97 Å². The van der Waals surface area contributed by atoms with E-state index in [0.29, 0.717) is 36.8 Å². The Kier molecular flexibility index (Phi) is 7.66. The molecule has 156 valence electrons. The van der Waals surface area contributed by atoms with Crippen molar-refractivity contribution in [1.82, 2.24) is 0 Å². The Balaban J connectivity index is 1.39. The van der Waals surface area contributed by atoms with Gasteiger partial charge in [-0.2, -0.15) is 0 Å². The Bertz CT molecular complexity index is 996. The molecule has 30 heavy (non-hydrogen) atoms. The molecule has 0 bridgehead atoms. The molecule has 0 aromatic heterocycles. The van der Waals surface area contributed by atoms with Crippen LogP contribution in [0.4, 0.5) is 5.69 Å². The van der Waals surface area contributed by atoms with Gasteiger partial charge in [0.2, 0.25) is 0 Å². The van der Waals surface area contributed by atoms with E-state index in [-0.39, 0.29) is 18.9 Å². The molecule has 3 rings (SSSR count). The highest BCUT2D eigenvalue weighted by Gasteiger charge is 2.10. The Labute approximate surface area is 175 Å². The third-order valence-corrected chi connectivity index (χ3v) is 4.36. The van der Waals surface area contributed by atoms with Crippen LogP contribution < -0.4 is 14.8 Å². The molecule has 0 saturated heterocycles. The van der Waals surface area contributed by atoms with E-state index in [1.807, 2.05) is 73.7 Å². The van der Waals surface area contributed by atoms with E-state index >= 15 is 0 Å². The zero-order valence-electron chi connectivity index (χ0n) is 16.9. The molecular formula is C24H25NO5. The lowest BCUT2D eigenvalue weighted by atomic mass is 10.1. The summed E-state index contributed by atoms with van der Waals surface area (Å²) in [4.78, 5) is 24.1. The van der Waals surface area contributed by atoms with Gasteiger partial charge in [0, 0.05) is 17.5 Å². The number of fused-ring (bicyclic) bond motifs is 1. The van der Waals surface area contributed by atoms with Gasteiger partial charge in [0.05, 0.1) is 13.2 Å². The lowest BCUT2D eigenvalue weighted by molar-refractivity contribution is -0.147. The zero-order valence-corrected chi connectivity index (χ0v) is 16.9. The highest BCUT2D eigenvalue weighted by molar-refractivity contribution is 6.02. The first-order chi connectivity index (χ1) is 14.7. The zero-order chi connectivity index (χ0) is 21.2. The smallest absolute Gasteiger partial charge is 0.306 e. The van der Waals surface area contributed by atoms with Crippen LogP contribution in [0.2, 0.25) is 0 Å². The molecule has 0 atom stereocenters. The Morgan fingerprint density at radius 1 is 0.867 bits per heavy atom. The fourth-order valence-electron chi connectivity index (χ4n) is 2.98. The molecular weight excluding hydrogens is 382 g/mol. The highest BCUT2D eigenvalue weighted by Crippen LogP contribution is 2.26. The maximum Gasteiger partial charge on any atom is 0.306 e. The van der Waals surface area contributed by atoms with Gasteiger partial charge in [0.15, 0.2) is 18.1 Å². The average molecular weight is 407 g/mol. The lowest BCUT2D eigenvalue weighted by Crippen LogP contribution is -2.21. The standard InChI is InChI=1S/C24H25NO5/c1-2-28-21-13-5-6-14-22(21)29-16-8-15-24(27)30-17-23(26)25-20-12-7-10-18-9-3-4-11-19(18)20/h3-7,9-14H,2,8,15-17H2,1H3,(H,25,26). The SMILES string of the molecule is CCOc1ccccc1OCCCC(=O)OCC(=O)Nc1cccc2ccccc12. The molecule has 0 unspecified atom stereocenters. The third-order valence-electron chi connectivity index (χ3n) is 4.36. The van der Waals surface area contributed by atoms with Crippen molar-refractivity contribution >= 4 is 28.3 Å². The summed E-state index contributed by atoms with van der Waals surface area (Å²) in [6.07, 6.45) is 0.641. The largest absolute Gasteiger partial charge is 0.490 e. The number of rotatable bonds is 10. The van der Waals surface area contributed by atoms with E-state index in [1.165, 1.54) is 0 Å². The molecule has 1 N–H and O–H groups in total. The minimum absolute atomic E-state index is 0.165. The van der Waals surface area contributed by atoms with E-state index in [4.69, 9.17) is 14.2 Å². The first-order valence-electron chi connectivity index (χ1n) is 9.95. The van der Waals surface area contributed by atoms with Crippen molar-refractivity contribution in [3.63, 3.8) is 0 Å². The Morgan fingerprint density at radius 2 is 1.57 bits per heavy atom. The van der Waals surface area contributed by atoms with Crippen LogP contribution in [0.1, 0.15) is 19.8 Å². The second-order valence-corrected chi connectivity index (χ2v) is 6.57. The molecule has 0 aliphatic rings. The molecule has 0 heterocycles. The molecule has 0 spiro atoms. The van der Waals surface area contributed by atoms with Gasteiger partial charge < -0.3 is 19.5 Å². The van der Waals surface area contributed by atoms with Gasteiger partial charge >= 0.3 is 5.97 Å². The van der Waals surface area contributed by atoms with E-state index in [2.05, 4.69) is 5.32 Å². The van der Waals surface area contributed by atoms with Crippen LogP contribution >= 0.6 is 0 Å². The van der Waals surface area contributed by atoms with Crippen LogP contribution in [0.25, 0.3) is 10.8 Å². The molecule has 0 fully saturated rings. The van der Waals surface area contributed by atoms with Crippen molar-refractivity contribution in [2.24, 2.45) is 0 Å². The van der Waals surface area contributed by atoms with Gasteiger partial charge in [-0.3, -0.25) is 9.59 Å². The maximum atomic E-state index is 12.1. The van der Waals surface area contributed by atoms with Crippen LogP contribution in [-0.2, 0) is 14.3 Å². The third kappa shape index (κ3) is 5.98. The van der Waals surface area contributed by atoms with Crippen molar-refractivity contribution in [1.29, 1.82) is 0 Å². The van der Waals surface area contributed by atoms with Crippen molar-refractivity contribution in [2.45, 2.75) is 19.8 Å². The summed E-state index contributed by atoms with van der Waals surface area (Å²) in [5, 5.41) is 4.75. The summed E-state index contributed by atoms with van der Waals surface area (Å²) in [5.74, 6) is 0.501. The number of nitrogens with one attached hydrogen (secondary N) is 1. The van der Waals surface area contributed by atoms with Crippen molar-refractivity contribution in [2.75, 3.05) is 25.1 Å². The molecule has 1 amide bonds. The fourth-order valence-corrected chi connectivity index (χ4v) is 2.98. The molecule has 3 aromatic rings.